The van der Waals surface area contributed by atoms with Crippen LogP contribution in [0.2, 0.25) is 5.02 Å². The van der Waals surface area contributed by atoms with Gasteiger partial charge in [0, 0.05) is 5.02 Å². The molecule has 1 atom stereocenters. The zero-order chi connectivity index (χ0) is 16.9. The first-order valence-corrected chi connectivity index (χ1v) is 7.74. The van der Waals surface area contributed by atoms with E-state index in [4.69, 9.17) is 11.6 Å². The topological polar surface area (TPSA) is 90.6 Å². The Bertz CT molecular complexity index is 871. The van der Waals surface area contributed by atoms with Crippen LogP contribution in [-0.4, -0.2) is 21.1 Å². The van der Waals surface area contributed by atoms with E-state index in [1.54, 1.807) is 0 Å². The van der Waals surface area contributed by atoms with Crippen LogP contribution >= 0.6 is 11.6 Å². The summed E-state index contributed by atoms with van der Waals surface area (Å²) in [5.41, 5.74) is 1.47. The number of halogens is 1. The van der Waals surface area contributed by atoms with Crippen LogP contribution in [0.5, 0.6) is 0 Å². The van der Waals surface area contributed by atoms with Crippen LogP contribution in [0.25, 0.3) is 0 Å². The molecule has 0 bridgehead atoms. The molecule has 3 rings (SSSR count). The van der Waals surface area contributed by atoms with Crippen molar-refractivity contribution < 1.29 is 4.79 Å². The van der Waals surface area contributed by atoms with Gasteiger partial charge in [-0.2, -0.15) is 0 Å². The van der Waals surface area contributed by atoms with Gasteiger partial charge in [-0.05, 0) is 29.7 Å². The summed E-state index contributed by atoms with van der Waals surface area (Å²) in [6.45, 7) is 0. The number of nitrogens with zero attached hydrogens (tertiary/aromatic N) is 1. The zero-order valence-corrected chi connectivity index (χ0v) is 13.4. The standard InChI is InChI=1S/C17H15ClN4O2/c18-13-8-6-11(7-9-13)10-14(12-4-2-1-3-5-12)19-16(23)15-20-17(24)22-21-15/h1-9,14H,10H2,(H,19,23)(H2,20,21,22,24)/t14-/m0/s1. The second kappa shape index (κ2) is 7.14. The Labute approximate surface area is 142 Å². The molecule has 6 nitrogen and oxygen atoms in total. The number of carbonyl (C=O) groups is 1. The van der Waals surface area contributed by atoms with Gasteiger partial charge in [0.05, 0.1) is 6.04 Å². The third-order valence-electron chi connectivity index (χ3n) is 3.58. The molecule has 0 saturated carbocycles. The smallest absolute Gasteiger partial charge is 0.341 e. The van der Waals surface area contributed by atoms with Crippen LogP contribution < -0.4 is 11.0 Å². The lowest BCUT2D eigenvalue weighted by atomic mass is 9.99. The molecule has 0 radical (unpaired) electrons. The minimum absolute atomic E-state index is 0.0444. The molecule has 0 saturated heterocycles. The van der Waals surface area contributed by atoms with Crippen molar-refractivity contribution in [1.82, 2.24) is 20.5 Å². The third kappa shape index (κ3) is 3.91. The van der Waals surface area contributed by atoms with Crippen LogP contribution in [0.15, 0.2) is 59.4 Å². The van der Waals surface area contributed by atoms with Gasteiger partial charge in [0.2, 0.25) is 5.82 Å². The number of carbonyl (C=O) groups excluding carboxylic acids is 1. The number of hydrogen-bond donors (Lipinski definition) is 3. The molecule has 0 aliphatic carbocycles. The highest BCUT2D eigenvalue weighted by molar-refractivity contribution is 6.30. The molecule has 3 N–H and O–H groups in total. The third-order valence-corrected chi connectivity index (χ3v) is 3.83. The van der Waals surface area contributed by atoms with E-state index in [1.807, 2.05) is 54.6 Å². The monoisotopic (exact) mass is 342 g/mol. The predicted octanol–water partition coefficient (Wildman–Crippen LogP) is 2.47. The molecule has 24 heavy (non-hydrogen) atoms. The fourth-order valence-corrected chi connectivity index (χ4v) is 2.52. The largest absolute Gasteiger partial charge is 0.342 e. The minimum atomic E-state index is -0.519. The van der Waals surface area contributed by atoms with Crippen molar-refractivity contribution >= 4 is 17.5 Å². The van der Waals surface area contributed by atoms with Crippen LogP contribution in [-0.2, 0) is 6.42 Å². The van der Waals surface area contributed by atoms with E-state index in [0.717, 1.165) is 11.1 Å². The van der Waals surface area contributed by atoms with Crippen molar-refractivity contribution in [3.63, 3.8) is 0 Å². The maximum Gasteiger partial charge on any atom is 0.341 e. The fourth-order valence-electron chi connectivity index (χ4n) is 2.40. The van der Waals surface area contributed by atoms with Crippen molar-refractivity contribution in [3.8, 4) is 0 Å². The molecule has 0 aliphatic rings. The molecule has 0 fully saturated rings. The van der Waals surface area contributed by atoms with Crippen LogP contribution in [0, 0.1) is 0 Å². The van der Waals surface area contributed by atoms with Crippen LogP contribution in [0.3, 0.4) is 0 Å². The summed E-state index contributed by atoms with van der Waals surface area (Å²) in [6.07, 6.45) is 0.585. The van der Waals surface area contributed by atoms with E-state index in [-0.39, 0.29) is 11.9 Å². The van der Waals surface area contributed by atoms with E-state index < -0.39 is 11.6 Å². The summed E-state index contributed by atoms with van der Waals surface area (Å²) in [4.78, 5) is 25.8. The van der Waals surface area contributed by atoms with E-state index >= 15 is 0 Å². The SMILES string of the molecule is O=C(N[C@@H](Cc1ccc(Cl)cc1)c1ccccc1)c1n[nH]c(=O)[nH]1. The normalized spacial score (nSPS) is 11.9. The molecule has 0 unspecified atom stereocenters. The van der Waals surface area contributed by atoms with Crippen molar-refractivity contribution in [1.29, 1.82) is 0 Å². The lowest BCUT2D eigenvalue weighted by Gasteiger charge is -2.19. The summed E-state index contributed by atoms with van der Waals surface area (Å²) in [7, 11) is 0. The number of benzene rings is 2. The number of amides is 1. The highest BCUT2D eigenvalue weighted by Crippen LogP contribution is 2.20. The summed E-state index contributed by atoms with van der Waals surface area (Å²) in [6, 6.07) is 16.8. The Hall–Kier alpha value is -2.86. The van der Waals surface area contributed by atoms with Crippen molar-refractivity contribution in [2.24, 2.45) is 0 Å². The van der Waals surface area contributed by atoms with Gasteiger partial charge in [-0.25, -0.2) is 9.89 Å². The molecule has 3 aromatic rings. The molecule has 2 aromatic carbocycles. The Kier molecular flexibility index (Phi) is 4.77. The Morgan fingerprint density at radius 3 is 2.46 bits per heavy atom. The van der Waals surface area contributed by atoms with E-state index in [2.05, 4.69) is 20.5 Å². The van der Waals surface area contributed by atoms with Crippen molar-refractivity contribution in [3.05, 3.63) is 87.1 Å². The first-order chi connectivity index (χ1) is 11.6. The van der Waals surface area contributed by atoms with Gasteiger partial charge in [-0.15, -0.1) is 5.10 Å². The zero-order valence-electron chi connectivity index (χ0n) is 12.6. The average molecular weight is 343 g/mol. The summed E-state index contributed by atoms with van der Waals surface area (Å²) in [5, 5.41) is 9.40. The number of nitrogens with one attached hydrogen (secondary N) is 3. The molecular weight excluding hydrogens is 328 g/mol. The molecule has 1 heterocycles. The van der Waals surface area contributed by atoms with Gasteiger partial charge in [-0.3, -0.25) is 9.78 Å². The maximum atomic E-state index is 12.3. The molecule has 1 amide bonds. The molecule has 0 aliphatic heterocycles. The molecule has 7 heteroatoms. The highest BCUT2D eigenvalue weighted by atomic mass is 35.5. The predicted molar refractivity (Wildman–Crippen MR) is 91.0 cm³/mol. The quantitative estimate of drug-likeness (QED) is 0.665. The van der Waals surface area contributed by atoms with Crippen LogP contribution in [0.1, 0.15) is 27.8 Å². The number of hydrogen-bond acceptors (Lipinski definition) is 3. The number of H-pyrrole nitrogens is 2. The second-order valence-corrected chi connectivity index (χ2v) is 5.73. The maximum absolute atomic E-state index is 12.3. The minimum Gasteiger partial charge on any atom is -0.342 e. The highest BCUT2D eigenvalue weighted by Gasteiger charge is 2.18. The molecule has 1 aromatic heterocycles. The Morgan fingerprint density at radius 1 is 1.12 bits per heavy atom. The number of aromatic amines is 2. The van der Waals surface area contributed by atoms with E-state index in [0.29, 0.717) is 11.4 Å². The second-order valence-electron chi connectivity index (χ2n) is 5.29. The van der Waals surface area contributed by atoms with Gasteiger partial charge in [0.15, 0.2) is 0 Å². The van der Waals surface area contributed by atoms with E-state index in [1.165, 1.54) is 0 Å². The summed E-state index contributed by atoms with van der Waals surface area (Å²) in [5.74, 6) is -0.492. The lowest BCUT2D eigenvalue weighted by Crippen LogP contribution is -2.31. The molecular formula is C17H15ClN4O2. The molecule has 122 valence electrons. The van der Waals surface area contributed by atoms with Gasteiger partial charge in [-0.1, -0.05) is 54.1 Å². The Balaban J connectivity index is 1.83. The van der Waals surface area contributed by atoms with Crippen molar-refractivity contribution in [2.45, 2.75) is 12.5 Å². The fraction of sp³-hybridized carbons (Fsp3) is 0.118. The van der Waals surface area contributed by atoms with E-state index in [9.17, 15) is 9.59 Å². The molecule has 0 spiro atoms. The average Bonchev–Trinajstić information content (AvgIpc) is 3.03. The van der Waals surface area contributed by atoms with Gasteiger partial charge >= 0.3 is 5.69 Å². The van der Waals surface area contributed by atoms with Gasteiger partial charge < -0.3 is 5.32 Å². The van der Waals surface area contributed by atoms with Gasteiger partial charge in [0.1, 0.15) is 0 Å². The Morgan fingerprint density at radius 2 is 1.83 bits per heavy atom. The first-order valence-electron chi connectivity index (χ1n) is 7.37. The number of aromatic nitrogens is 3. The summed E-state index contributed by atoms with van der Waals surface area (Å²) < 4.78 is 0. The van der Waals surface area contributed by atoms with Crippen molar-refractivity contribution in [2.75, 3.05) is 0 Å². The lowest BCUT2D eigenvalue weighted by molar-refractivity contribution is 0.0926. The first kappa shape index (κ1) is 16.0. The van der Waals surface area contributed by atoms with Gasteiger partial charge in [0.25, 0.3) is 5.91 Å². The number of rotatable bonds is 5. The van der Waals surface area contributed by atoms with Crippen LogP contribution in [0.4, 0.5) is 0 Å². The summed E-state index contributed by atoms with van der Waals surface area (Å²) >= 11 is 5.92.